The molecule has 0 radical (unpaired) electrons. The summed E-state index contributed by atoms with van der Waals surface area (Å²) in [6.45, 7) is 16.5. The van der Waals surface area contributed by atoms with Crippen molar-refractivity contribution in [1.82, 2.24) is 20.4 Å². The van der Waals surface area contributed by atoms with Gasteiger partial charge in [0.1, 0.15) is 0 Å². The maximum Gasteiger partial charge on any atom is 0.319 e. The van der Waals surface area contributed by atoms with Crippen LogP contribution in [0.4, 0.5) is 21.0 Å². The molecule has 0 fully saturated rings. The molecule has 0 saturated heterocycles. The molecule has 300 valence electrons. The van der Waals surface area contributed by atoms with E-state index in [9.17, 15) is 9.59 Å². The third-order valence-corrected chi connectivity index (χ3v) is 10.0. The van der Waals surface area contributed by atoms with Crippen molar-refractivity contribution in [3.05, 3.63) is 59.7 Å². The summed E-state index contributed by atoms with van der Waals surface area (Å²) in [6, 6.07) is 15.7. The molecule has 0 heterocycles. The molecule has 0 spiro atoms. The summed E-state index contributed by atoms with van der Waals surface area (Å²) >= 11 is 0. The number of rotatable bonds is 32. The molecule has 8 nitrogen and oxygen atoms in total. The van der Waals surface area contributed by atoms with Crippen LogP contribution in [0.15, 0.2) is 48.5 Å². The van der Waals surface area contributed by atoms with Crippen LogP contribution in [0.5, 0.6) is 0 Å². The van der Waals surface area contributed by atoms with Gasteiger partial charge in [0.15, 0.2) is 0 Å². The zero-order chi connectivity index (χ0) is 38.2. The van der Waals surface area contributed by atoms with Crippen LogP contribution >= 0.6 is 0 Å². The number of carbonyl (C=O) groups excluding carboxylic acids is 2. The molecule has 0 aliphatic carbocycles. The van der Waals surface area contributed by atoms with Crippen LogP contribution in [0.25, 0.3) is 0 Å². The number of carbonyl (C=O) groups is 2. The number of benzene rings is 2. The normalized spacial score (nSPS) is 11.3. The second kappa shape index (κ2) is 31.3. The van der Waals surface area contributed by atoms with Gasteiger partial charge in [0, 0.05) is 37.6 Å². The quantitative estimate of drug-likeness (QED) is 0.0564. The van der Waals surface area contributed by atoms with Crippen molar-refractivity contribution < 1.29 is 9.59 Å². The minimum Gasteiger partial charge on any atom is -0.337 e. The van der Waals surface area contributed by atoms with Gasteiger partial charge in [-0.3, -0.25) is 0 Å². The van der Waals surface area contributed by atoms with Gasteiger partial charge >= 0.3 is 12.1 Å². The fourth-order valence-corrected chi connectivity index (χ4v) is 6.83. The van der Waals surface area contributed by atoms with E-state index in [2.05, 4.69) is 70.9 Å². The summed E-state index contributed by atoms with van der Waals surface area (Å²) in [6.07, 6.45) is 23.7. The van der Waals surface area contributed by atoms with E-state index in [1.54, 1.807) is 0 Å². The Bertz CT molecular complexity index is 1120. The Balaban J connectivity index is 1.78. The number of nitrogens with zero attached hydrogens (tertiary/aromatic N) is 2. The minimum absolute atomic E-state index is 0.168. The Morgan fingerprint density at radius 1 is 0.453 bits per heavy atom. The van der Waals surface area contributed by atoms with Crippen molar-refractivity contribution in [1.29, 1.82) is 0 Å². The largest absolute Gasteiger partial charge is 0.337 e. The standard InChI is InChI=1S/C45H78N6O2/c1-5-9-13-15-17-21-33-50(31-19-11-7-3)35-29-46-44(52)48-42-27-23-25-40(38-42)37-41-26-24-28-43(39-41)49-45(53)47-30-36-51(32-20-12-8-4)34-22-18-16-14-10-6-2/h23-28,38-39H,5-22,29-37H2,1-4H3,(H2,46,48,52)(H2,47,49,53). The van der Waals surface area contributed by atoms with Crippen molar-refractivity contribution in [2.75, 3.05) is 63.0 Å². The van der Waals surface area contributed by atoms with Crippen LogP contribution in [-0.2, 0) is 6.42 Å². The van der Waals surface area contributed by atoms with Crippen LogP contribution in [-0.4, -0.2) is 74.2 Å². The number of hydrogen-bond acceptors (Lipinski definition) is 4. The van der Waals surface area contributed by atoms with Gasteiger partial charge in [-0.25, -0.2) is 9.59 Å². The minimum atomic E-state index is -0.168. The molecule has 0 aliphatic rings. The summed E-state index contributed by atoms with van der Waals surface area (Å²) in [7, 11) is 0. The molecule has 4 N–H and O–H groups in total. The maximum atomic E-state index is 12.8. The van der Waals surface area contributed by atoms with Crippen molar-refractivity contribution in [3.63, 3.8) is 0 Å². The highest BCUT2D eigenvalue weighted by atomic mass is 16.2. The lowest BCUT2D eigenvalue weighted by molar-refractivity contribution is 0.241. The van der Waals surface area contributed by atoms with E-state index in [1.165, 1.54) is 116 Å². The molecule has 0 atom stereocenters. The zero-order valence-electron chi connectivity index (χ0n) is 34.4. The maximum absolute atomic E-state index is 12.8. The Morgan fingerprint density at radius 3 is 1.19 bits per heavy atom. The molecule has 53 heavy (non-hydrogen) atoms. The summed E-state index contributed by atoms with van der Waals surface area (Å²) in [5.41, 5.74) is 3.75. The molecule has 0 aliphatic heterocycles. The van der Waals surface area contributed by atoms with Gasteiger partial charge in [-0.05, 0) is 93.7 Å². The van der Waals surface area contributed by atoms with Gasteiger partial charge in [-0.1, -0.05) is 142 Å². The number of anilines is 2. The van der Waals surface area contributed by atoms with E-state index in [4.69, 9.17) is 0 Å². The average Bonchev–Trinajstić information content (AvgIpc) is 3.14. The number of hydrogen-bond donors (Lipinski definition) is 4. The van der Waals surface area contributed by atoms with Crippen LogP contribution in [0.2, 0.25) is 0 Å². The molecule has 0 unspecified atom stereocenters. The third-order valence-electron chi connectivity index (χ3n) is 10.0. The fourth-order valence-electron chi connectivity index (χ4n) is 6.83. The monoisotopic (exact) mass is 735 g/mol. The lowest BCUT2D eigenvalue weighted by Crippen LogP contribution is -2.37. The molecule has 0 saturated carbocycles. The van der Waals surface area contributed by atoms with Crippen molar-refractivity contribution in [3.8, 4) is 0 Å². The second-order valence-corrected chi connectivity index (χ2v) is 15.0. The number of nitrogens with one attached hydrogen (secondary N) is 4. The first-order valence-corrected chi connectivity index (χ1v) is 21.7. The Hall–Kier alpha value is -3.10. The number of unbranched alkanes of at least 4 members (excludes halogenated alkanes) is 14. The molecule has 2 aromatic rings. The predicted octanol–water partition coefficient (Wildman–Crippen LogP) is 11.2. The van der Waals surface area contributed by atoms with E-state index in [0.29, 0.717) is 19.5 Å². The highest BCUT2D eigenvalue weighted by Crippen LogP contribution is 2.18. The van der Waals surface area contributed by atoms with Gasteiger partial charge in [0.25, 0.3) is 0 Å². The fraction of sp³-hybridized carbons (Fsp3) is 0.689. The Morgan fingerprint density at radius 2 is 0.792 bits per heavy atom. The molecule has 2 rings (SSSR count). The van der Waals surface area contributed by atoms with Crippen molar-refractivity contribution in [2.45, 2.75) is 150 Å². The SMILES string of the molecule is CCCCCCCCN(CCCCC)CCNC(=O)Nc1cccc(Cc2cccc(NC(=O)NCCN(CCCCC)CCCCCCCC)c2)c1. The Labute approximate surface area is 325 Å². The van der Waals surface area contributed by atoms with E-state index >= 15 is 0 Å². The summed E-state index contributed by atoms with van der Waals surface area (Å²) < 4.78 is 0. The molecule has 4 amide bonds. The first-order valence-electron chi connectivity index (χ1n) is 21.7. The summed E-state index contributed by atoms with van der Waals surface area (Å²) in [4.78, 5) is 30.6. The topological polar surface area (TPSA) is 88.7 Å². The van der Waals surface area contributed by atoms with Crippen LogP contribution in [0.1, 0.15) is 154 Å². The van der Waals surface area contributed by atoms with Crippen LogP contribution in [0, 0.1) is 0 Å². The van der Waals surface area contributed by atoms with Gasteiger partial charge in [0.05, 0.1) is 0 Å². The van der Waals surface area contributed by atoms with Gasteiger partial charge in [-0.15, -0.1) is 0 Å². The average molecular weight is 735 g/mol. The first kappa shape index (κ1) is 46.1. The Kier molecular flexibility index (Phi) is 27.2. The molecular weight excluding hydrogens is 657 g/mol. The van der Waals surface area contributed by atoms with E-state index in [1.807, 2.05) is 36.4 Å². The summed E-state index contributed by atoms with van der Waals surface area (Å²) in [5, 5.41) is 12.2. The highest BCUT2D eigenvalue weighted by Gasteiger charge is 2.10. The highest BCUT2D eigenvalue weighted by molar-refractivity contribution is 5.90. The predicted molar refractivity (Wildman–Crippen MR) is 228 cm³/mol. The van der Waals surface area contributed by atoms with Crippen LogP contribution in [0.3, 0.4) is 0 Å². The second-order valence-electron chi connectivity index (χ2n) is 15.0. The molecule has 0 bridgehead atoms. The van der Waals surface area contributed by atoms with Gasteiger partial charge in [0.2, 0.25) is 0 Å². The first-order chi connectivity index (χ1) is 26.0. The van der Waals surface area contributed by atoms with Crippen LogP contribution < -0.4 is 21.3 Å². The van der Waals surface area contributed by atoms with E-state index < -0.39 is 0 Å². The van der Waals surface area contributed by atoms with E-state index in [0.717, 1.165) is 61.8 Å². The molecular formula is C45H78N6O2. The van der Waals surface area contributed by atoms with E-state index in [-0.39, 0.29) is 12.1 Å². The lowest BCUT2D eigenvalue weighted by atomic mass is 10.0. The van der Waals surface area contributed by atoms with Crippen molar-refractivity contribution >= 4 is 23.4 Å². The number of amides is 4. The smallest absolute Gasteiger partial charge is 0.319 e. The summed E-state index contributed by atoms with van der Waals surface area (Å²) in [5.74, 6) is 0. The molecule has 2 aromatic carbocycles. The van der Waals surface area contributed by atoms with Crippen molar-refractivity contribution in [2.24, 2.45) is 0 Å². The number of urea groups is 2. The molecule has 8 heteroatoms. The van der Waals surface area contributed by atoms with Gasteiger partial charge < -0.3 is 31.1 Å². The zero-order valence-corrected chi connectivity index (χ0v) is 34.4. The molecule has 0 aromatic heterocycles. The lowest BCUT2D eigenvalue weighted by Gasteiger charge is -2.22. The third kappa shape index (κ3) is 24.0. The van der Waals surface area contributed by atoms with Gasteiger partial charge in [-0.2, -0.15) is 0 Å².